The molecule has 0 aliphatic heterocycles. The molecule has 1 aromatic rings. The minimum absolute atomic E-state index is 0.359. The van der Waals surface area contributed by atoms with Gasteiger partial charge in [-0.2, -0.15) is 0 Å². The lowest BCUT2D eigenvalue weighted by Crippen LogP contribution is -2.52. The lowest BCUT2D eigenvalue weighted by molar-refractivity contribution is -0.169. The number of carbonyl (C=O) groups excluding carboxylic acids is 1. The number of rotatable bonds is 4. The molecule has 5 nitrogen and oxygen atoms in total. The molecule has 3 N–H and O–H groups in total. The summed E-state index contributed by atoms with van der Waals surface area (Å²) in [6.45, 7) is 6.44. The van der Waals surface area contributed by atoms with Gasteiger partial charge in [-0.05, 0) is 38.8 Å². The molecule has 0 saturated carbocycles. The van der Waals surface area contributed by atoms with E-state index in [0.29, 0.717) is 11.1 Å². The number of hydrogen-bond donors (Lipinski definition) is 2. The lowest BCUT2D eigenvalue weighted by atomic mass is 9.78. The second-order valence-electron chi connectivity index (χ2n) is 5.73. The first-order chi connectivity index (χ1) is 9.15. The fourth-order valence-electron chi connectivity index (χ4n) is 2.01. The summed E-state index contributed by atoms with van der Waals surface area (Å²) < 4.78 is 5.27. The summed E-state index contributed by atoms with van der Waals surface area (Å²) in [4.78, 5) is 24.2. The molecule has 0 aliphatic rings. The zero-order valence-corrected chi connectivity index (χ0v) is 12.3. The van der Waals surface area contributed by atoms with E-state index in [1.54, 1.807) is 52.0 Å². The standard InChI is InChI=1S/C15H21NO4/c1-10-7-5-6-8-11(10)15(9-16,12(17)18)13(19)20-14(2,3)4/h5-8H,9,16H2,1-4H3,(H,17,18)/t15-/m1/s1. The van der Waals surface area contributed by atoms with Gasteiger partial charge in [0, 0.05) is 6.54 Å². The molecule has 0 spiro atoms. The van der Waals surface area contributed by atoms with E-state index in [9.17, 15) is 14.7 Å². The van der Waals surface area contributed by atoms with E-state index in [1.165, 1.54) is 0 Å². The maximum Gasteiger partial charge on any atom is 0.329 e. The number of aliphatic carboxylic acids is 1. The van der Waals surface area contributed by atoms with Crippen LogP contribution >= 0.6 is 0 Å². The van der Waals surface area contributed by atoms with Crippen molar-refractivity contribution in [2.24, 2.45) is 5.73 Å². The first-order valence-electron chi connectivity index (χ1n) is 6.38. The molecule has 0 saturated heterocycles. The van der Waals surface area contributed by atoms with Crippen LogP contribution < -0.4 is 5.73 Å². The second-order valence-corrected chi connectivity index (χ2v) is 5.73. The van der Waals surface area contributed by atoms with Gasteiger partial charge in [-0.25, -0.2) is 0 Å². The number of nitrogens with two attached hydrogens (primary N) is 1. The van der Waals surface area contributed by atoms with Crippen molar-refractivity contribution in [2.45, 2.75) is 38.7 Å². The summed E-state index contributed by atoms with van der Waals surface area (Å²) in [6.07, 6.45) is 0. The number of carbonyl (C=O) groups is 2. The highest BCUT2D eigenvalue weighted by atomic mass is 16.6. The van der Waals surface area contributed by atoms with E-state index in [2.05, 4.69) is 0 Å². The summed E-state index contributed by atoms with van der Waals surface area (Å²) >= 11 is 0. The molecule has 0 amide bonds. The van der Waals surface area contributed by atoms with Gasteiger partial charge in [-0.15, -0.1) is 0 Å². The molecule has 0 radical (unpaired) electrons. The highest BCUT2D eigenvalue weighted by Crippen LogP contribution is 2.30. The second kappa shape index (κ2) is 5.63. The van der Waals surface area contributed by atoms with Crippen LogP contribution in [0.15, 0.2) is 24.3 Å². The van der Waals surface area contributed by atoms with E-state index in [4.69, 9.17) is 10.5 Å². The lowest BCUT2D eigenvalue weighted by Gasteiger charge is -2.31. The van der Waals surface area contributed by atoms with Gasteiger partial charge in [0.1, 0.15) is 5.60 Å². The highest BCUT2D eigenvalue weighted by Gasteiger charge is 2.50. The average molecular weight is 279 g/mol. The van der Waals surface area contributed by atoms with Gasteiger partial charge >= 0.3 is 11.9 Å². The molecule has 0 bridgehead atoms. The van der Waals surface area contributed by atoms with Crippen LogP contribution in [-0.4, -0.2) is 29.2 Å². The van der Waals surface area contributed by atoms with Crippen molar-refractivity contribution >= 4 is 11.9 Å². The Morgan fingerprint density at radius 2 is 1.80 bits per heavy atom. The number of aryl methyl sites for hydroxylation is 1. The zero-order chi connectivity index (χ0) is 15.6. The van der Waals surface area contributed by atoms with Crippen LogP contribution in [0, 0.1) is 6.92 Å². The third kappa shape index (κ3) is 2.99. The van der Waals surface area contributed by atoms with Crippen LogP contribution in [0.4, 0.5) is 0 Å². The van der Waals surface area contributed by atoms with E-state index < -0.39 is 23.0 Å². The highest BCUT2D eigenvalue weighted by molar-refractivity contribution is 6.06. The van der Waals surface area contributed by atoms with E-state index >= 15 is 0 Å². The zero-order valence-electron chi connectivity index (χ0n) is 12.3. The average Bonchev–Trinajstić information content (AvgIpc) is 2.30. The molecule has 1 atom stereocenters. The van der Waals surface area contributed by atoms with Crippen molar-refractivity contribution in [1.82, 2.24) is 0 Å². The third-order valence-electron chi connectivity index (χ3n) is 3.02. The van der Waals surface area contributed by atoms with Gasteiger partial charge < -0.3 is 15.6 Å². The van der Waals surface area contributed by atoms with Crippen molar-refractivity contribution in [3.8, 4) is 0 Å². The van der Waals surface area contributed by atoms with Gasteiger partial charge in [-0.1, -0.05) is 24.3 Å². The van der Waals surface area contributed by atoms with Crippen molar-refractivity contribution in [3.63, 3.8) is 0 Å². The summed E-state index contributed by atoms with van der Waals surface area (Å²) in [6, 6.07) is 6.80. The molecule has 0 aliphatic carbocycles. The molecule has 20 heavy (non-hydrogen) atoms. The minimum atomic E-state index is -1.88. The summed E-state index contributed by atoms with van der Waals surface area (Å²) in [5, 5.41) is 9.59. The number of benzene rings is 1. The molecular formula is C15H21NO4. The smallest absolute Gasteiger partial charge is 0.329 e. The number of ether oxygens (including phenoxy) is 1. The fourth-order valence-corrected chi connectivity index (χ4v) is 2.01. The van der Waals surface area contributed by atoms with Crippen LogP contribution in [-0.2, 0) is 19.7 Å². The van der Waals surface area contributed by atoms with E-state index in [0.717, 1.165) is 0 Å². The Hall–Kier alpha value is -1.88. The predicted octanol–water partition coefficient (Wildman–Crippen LogP) is 1.62. The SMILES string of the molecule is Cc1ccccc1[C@](CN)(C(=O)O)C(=O)OC(C)(C)C. The Labute approximate surface area is 118 Å². The van der Waals surface area contributed by atoms with Gasteiger partial charge in [0.25, 0.3) is 0 Å². The number of hydrogen-bond acceptors (Lipinski definition) is 4. The van der Waals surface area contributed by atoms with Gasteiger partial charge in [0.15, 0.2) is 0 Å². The molecule has 0 unspecified atom stereocenters. The molecule has 1 aromatic carbocycles. The van der Waals surface area contributed by atoms with Crippen LogP contribution in [0.5, 0.6) is 0 Å². The van der Waals surface area contributed by atoms with E-state index in [-0.39, 0.29) is 6.54 Å². The van der Waals surface area contributed by atoms with Crippen LogP contribution in [0.3, 0.4) is 0 Å². The Morgan fingerprint density at radius 3 is 2.20 bits per heavy atom. The first-order valence-corrected chi connectivity index (χ1v) is 6.38. The Bertz CT molecular complexity index is 519. The summed E-state index contributed by atoms with van der Waals surface area (Å²) in [7, 11) is 0. The summed E-state index contributed by atoms with van der Waals surface area (Å²) in [5.74, 6) is -2.14. The van der Waals surface area contributed by atoms with Crippen molar-refractivity contribution < 1.29 is 19.4 Å². The minimum Gasteiger partial charge on any atom is -0.480 e. The number of carboxylic acid groups (broad SMARTS) is 1. The fraction of sp³-hybridized carbons (Fsp3) is 0.467. The quantitative estimate of drug-likeness (QED) is 0.645. The summed E-state index contributed by atoms with van der Waals surface area (Å²) in [5.41, 5.74) is 4.04. The Balaban J connectivity index is 3.42. The third-order valence-corrected chi connectivity index (χ3v) is 3.02. The van der Waals surface area contributed by atoms with Crippen molar-refractivity contribution in [2.75, 3.05) is 6.54 Å². The van der Waals surface area contributed by atoms with Crippen molar-refractivity contribution in [1.29, 1.82) is 0 Å². The van der Waals surface area contributed by atoms with Gasteiger partial charge in [0.2, 0.25) is 5.41 Å². The molecule has 5 heteroatoms. The largest absolute Gasteiger partial charge is 0.480 e. The maximum atomic E-state index is 12.4. The predicted molar refractivity (Wildman–Crippen MR) is 75.4 cm³/mol. The molecule has 110 valence electrons. The number of carboxylic acids is 1. The molecule has 1 rings (SSSR count). The normalized spacial score (nSPS) is 14.4. The Morgan fingerprint density at radius 1 is 1.25 bits per heavy atom. The van der Waals surface area contributed by atoms with Crippen LogP contribution in [0.25, 0.3) is 0 Å². The molecule has 0 aromatic heterocycles. The van der Waals surface area contributed by atoms with E-state index in [1.807, 2.05) is 0 Å². The molecular weight excluding hydrogens is 258 g/mol. The first kappa shape index (κ1) is 16.2. The Kier molecular flexibility index (Phi) is 4.55. The van der Waals surface area contributed by atoms with Gasteiger partial charge in [-0.3, -0.25) is 9.59 Å². The maximum absolute atomic E-state index is 12.4. The van der Waals surface area contributed by atoms with Gasteiger partial charge in [0.05, 0.1) is 0 Å². The number of esters is 1. The van der Waals surface area contributed by atoms with Crippen molar-refractivity contribution in [3.05, 3.63) is 35.4 Å². The molecule has 0 fully saturated rings. The topological polar surface area (TPSA) is 89.6 Å². The van der Waals surface area contributed by atoms with Crippen LogP contribution in [0.1, 0.15) is 31.9 Å². The van der Waals surface area contributed by atoms with Crippen LogP contribution in [0.2, 0.25) is 0 Å². The monoisotopic (exact) mass is 279 g/mol. The molecule has 0 heterocycles.